The van der Waals surface area contributed by atoms with Crippen molar-refractivity contribution in [2.24, 2.45) is 0 Å². The molecule has 3 aromatic rings. The summed E-state index contributed by atoms with van der Waals surface area (Å²) in [6.45, 7) is 0.444. The first kappa shape index (κ1) is 16.7. The van der Waals surface area contributed by atoms with Gasteiger partial charge in [0.2, 0.25) is 5.91 Å². The van der Waals surface area contributed by atoms with Crippen molar-refractivity contribution in [1.82, 2.24) is 15.1 Å². The van der Waals surface area contributed by atoms with Crippen molar-refractivity contribution >= 4 is 28.8 Å². The second kappa shape index (κ2) is 7.59. The molecule has 2 heterocycles. The number of nitrogens with zero attached hydrogens (tertiary/aromatic N) is 2. The summed E-state index contributed by atoms with van der Waals surface area (Å²) >= 11 is 7.35. The van der Waals surface area contributed by atoms with E-state index in [-0.39, 0.29) is 24.2 Å². The van der Waals surface area contributed by atoms with Gasteiger partial charge in [0.25, 0.3) is 0 Å². The van der Waals surface area contributed by atoms with Crippen LogP contribution in [0.3, 0.4) is 0 Å². The molecule has 0 unspecified atom stereocenters. The van der Waals surface area contributed by atoms with Gasteiger partial charge in [0.1, 0.15) is 5.82 Å². The van der Waals surface area contributed by atoms with Crippen LogP contribution in [-0.2, 0) is 11.3 Å². The van der Waals surface area contributed by atoms with Gasteiger partial charge < -0.3 is 5.32 Å². The van der Waals surface area contributed by atoms with E-state index in [2.05, 4.69) is 10.4 Å². The number of nitrogens with one attached hydrogen (secondary N) is 1. The first-order valence-corrected chi connectivity index (χ1v) is 8.64. The number of rotatable bonds is 6. The third kappa shape index (κ3) is 4.21. The molecule has 0 radical (unpaired) electrons. The molecule has 0 saturated carbocycles. The first-order chi connectivity index (χ1) is 11.6. The monoisotopic (exact) mass is 363 g/mol. The third-order valence-corrected chi connectivity index (χ3v) is 4.64. The number of halogens is 2. The summed E-state index contributed by atoms with van der Waals surface area (Å²) in [5.41, 5.74) is 0.842. The number of amides is 1. The quantitative estimate of drug-likeness (QED) is 0.718. The van der Waals surface area contributed by atoms with Gasteiger partial charge in [-0.1, -0.05) is 29.8 Å². The number of hydrogen-bond donors (Lipinski definition) is 1. The normalized spacial score (nSPS) is 12.1. The Morgan fingerprint density at radius 2 is 2.12 bits per heavy atom. The molecule has 1 aromatic carbocycles. The van der Waals surface area contributed by atoms with Gasteiger partial charge >= 0.3 is 0 Å². The molecule has 1 atom stereocenters. The molecule has 0 aliphatic rings. The summed E-state index contributed by atoms with van der Waals surface area (Å²) in [4.78, 5) is 13.3. The minimum atomic E-state index is -0.300. The highest BCUT2D eigenvalue weighted by Gasteiger charge is 2.18. The summed E-state index contributed by atoms with van der Waals surface area (Å²) in [7, 11) is 0. The van der Waals surface area contributed by atoms with Crippen molar-refractivity contribution < 1.29 is 9.18 Å². The lowest BCUT2D eigenvalue weighted by molar-refractivity contribution is -0.121. The van der Waals surface area contributed by atoms with Crippen molar-refractivity contribution in [3.63, 3.8) is 0 Å². The van der Waals surface area contributed by atoms with E-state index < -0.39 is 0 Å². The average Bonchev–Trinajstić information content (AvgIpc) is 3.23. The van der Waals surface area contributed by atoms with Gasteiger partial charge in [-0.3, -0.25) is 9.48 Å². The summed E-state index contributed by atoms with van der Waals surface area (Å²) < 4.78 is 14.8. The zero-order valence-electron chi connectivity index (χ0n) is 12.7. The average molecular weight is 364 g/mol. The van der Waals surface area contributed by atoms with Gasteiger partial charge in [-0.15, -0.1) is 11.3 Å². The summed E-state index contributed by atoms with van der Waals surface area (Å²) in [5.74, 6) is -0.407. The van der Waals surface area contributed by atoms with Crippen LogP contribution in [0.25, 0.3) is 0 Å². The lowest BCUT2D eigenvalue weighted by Gasteiger charge is -2.18. The Balaban J connectivity index is 1.69. The molecule has 0 saturated heterocycles. The van der Waals surface area contributed by atoms with Crippen molar-refractivity contribution in [2.75, 3.05) is 0 Å². The fraction of sp³-hybridized carbons (Fsp3) is 0.176. The highest BCUT2D eigenvalue weighted by molar-refractivity contribution is 7.10. The highest BCUT2D eigenvalue weighted by Crippen LogP contribution is 2.26. The molecular formula is C17H15ClFN3OS. The lowest BCUT2D eigenvalue weighted by atomic mass is 10.1. The zero-order valence-corrected chi connectivity index (χ0v) is 14.2. The lowest BCUT2D eigenvalue weighted by Crippen LogP contribution is -2.29. The van der Waals surface area contributed by atoms with E-state index in [0.717, 1.165) is 10.4 Å². The first-order valence-electron chi connectivity index (χ1n) is 7.38. The van der Waals surface area contributed by atoms with E-state index in [4.69, 9.17) is 11.6 Å². The molecule has 7 heteroatoms. The maximum absolute atomic E-state index is 13.2. The number of aromatic nitrogens is 2. The molecule has 1 amide bonds. The smallest absolute Gasteiger partial charge is 0.222 e. The molecule has 3 rings (SSSR count). The largest absolute Gasteiger partial charge is 0.344 e. The van der Waals surface area contributed by atoms with Crippen molar-refractivity contribution in [3.8, 4) is 0 Å². The molecule has 0 bridgehead atoms. The number of aryl methyl sites for hydroxylation is 1. The van der Waals surface area contributed by atoms with Crippen LogP contribution < -0.4 is 5.32 Å². The number of carbonyl (C=O) groups is 1. The second-order valence-corrected chi connectivity index (χ2v) is 6.65. The fourth-order valence-corrected chi connectivity index (χ4v) is 3.30. The van der Waals surface area contributed by atoms with Crippen LogP contribution in [0, 0.1) is 5.82 Å². The Hall–Kier alpha value is -2.18. The SMILES string of the molecule is O=C(CCn1cc(Cl)cn1)N[C@H](c1ccc(F)cc1)c1cccs1. The fourth-order valence-electron chi connectivity index (χ4n) is 2.34. The predicted octanol–water partition coefficient (Wildman–Crippen LogP) is 4.03. The molecule has 0 fully saturated rings. The predicted molar refractivity (Wildman–Crippen MR) is 92.6 cm³/mol. The summed E-state index contributed by atoms with van der Waals surface area (Å²) in [5, 5.41) is 9.55. The van der Waals surface area contributed by atoms with E-state index in [1.54, 1.807) is 34.3 Å². The van der Waals surface area contributed by atoms with Crippen molar-refractivity contribution in [1.29, 1.82) is 0 Å². The Bertz CT molecular complexity index is 802. The zero-order chi connectivity index (χ0) is 16.9. The van der Waals surface area contributed by atoms with Crippen LogP contribution in [0.5, 0.6) is 0 Å². The Morgan fingerprint density at radius 1 is 1.33 bits per heavy atom. The summed E-state index contributed by atoms with van der Waals surface area (Å²) in [6, 6.07) is 9.75. The van der Waals surface area contributed by atoms with E-state index in [1.807, 2.05) is 17.5 Å². The van der Waals surface area contributed by atoms with Crippen LogP contribution in [0.2, 0.25) is 5.02 Å². The van der Waals surface area contributed by atoms with Crippen LogP contribution in [0.15, 0.2) is 54.2 Å². The Kier molecular flexibility index (Phi) is 5.27. The third-order valence-electron chi connectivity index (χ3n) is 3.51. The molecule has 0 aliphatic heterocycles. The minimum absolute atomic E-state index is 0.107. The Morgan fingerprint density at radius 3 is 2.75 bits per heavy atom. The van der Waals surface area contributed by atoms with Crippen LogP contribution in [0.1, 0.15) is 22.9 Å². The van der Waals surface area contributed by atoms with E-state index in [1.165, 1.54) is 18.3 Å². The van der Waals surface area contributed by atoms with Crippen molar-refractivity contribution in [2.45, 2.75) is 19.0 Å². The van der Waals surface area contributed by atoms with Gasteiger partial charge in [-0.25, -0.2) is 4.39 Å². The second-order valence-electron chi connectivity index (χ2n) is 5.24. The molecule has 2 aromatic heterocycles. The van der Waals surface area contributed by atoms with Gasteiger partial charge in [0.15, 0.2) is 0 Å². The number of benzene rings is 1. The van der Waals surface area contributed by atoms with E-state index in [9.17, 15) is 9.18 Å². The Labute approximate surface area is 147 Å². The van der Waals surface area contributed by atoms with Gasteiger partial charge in [0, 0.05) is 24.0 Å². The standard InChI is InChI=1S/C17H15ClFN3OS/c18-13-10-20-22(11-13)8-7-16(23)21-17(15-2-1-9-24-15)12-3-5-14(19)6-4-12/h1-6,9-11,17H,7-8H2,(H,21,23)/t17-/m1/s1. The van der Waals surface area contributed by atoms with Crippen LogP contribution >= 0.6 is 22.9 Å². The molecule has 0 spiro atoms. The van der Waals surface area contributed by atoms with Gasteiger partial charge in [-0.05, 0) is 29.1 Å². The molecule has 4 nitrogen and oxygen atoms in total. The van der Waals surface area contributed by atoms with E-state index in [0.29, 0.717) is 11.6 Å². The van der Waals surface area contributed by atoms with Gasteiger partial charge in [0.05, 0.1) is 17.3 Å². The number of thiophene rings is 1. The van der Waals surface area contributed by atoms with Crippen LogP contribution in [-0.4, -0.2) is 15.7 Å². The minimum Gasteiger partial charge on any atom is -0.344 e. The number of hydrogen-bond acceptors (Lipinski definition) is 3. The van der Waals surface area contributed by atoms with Crippen LogP contribution in [0.4, 0.5) is 4.39 Å². The van der Waals surface area contributed by atoms with Gasteiger partial charge in [-0.2, -0.15) is 5.10 Å². The molecule has 0 aliphatic carbocycles. The topological polar surface area (TPSA) is 46.9 Å². The molecule has 24 heavy (non-hydrogen) atoms. The maximum Gasteiger partial charge on any atom is 0.222 e. The molecular weight excluding hydrogens is 349 g/mol. The molecule has 124 valence electrons. The van der Waals surface area contributed by atoms with Crippen molar-refractivity contribution in [3.05, 3.63) is 75.5 Å². The summed E-state index contributed by atoms with van der Waals surface area (Å²) in [6.07, 6.45) is 3.49. The maximum atomic E-state index is 13.2. The molecule has 1 N–H and O–H groups in total. The number of carbonyl (C=O) groups excluding carboxylic acids is 1. The highest BCUT2D eigenvalue weighted by atomic mass is 35.5. The van der Waals surface area contributed by atoms with E-state index >= 15 is 0 Å².